The van der Waals surface area contributed by atoms with E-state index in [4.69, 9.17) is 56.8 Å². The second kappa shape index (κ2) is 74.0. The molecule has 0 bridgehead atoms. The number of rotatable bonds is 54. The third-order valence-corrected chi connectivity index (χ3v) is 12.4. The summed E-state index contributed by atoms with van der Waals surface area (Å²) in [5.74, 6) is 0.635. The van der Waals surface area contributed by atoms with Gasteiger partial charge in [0.2, 0.25) is 5.91 Å². The first-order valence-corrected chi connectivity index (χ1v) is 31.5. The van der Waals surface area contributed by atoms with Crippen LogP contribution < -0.4 is 21.3 Å². The zero-order valence-electron chi connectivity index (χ0n) is 56.1. The molecule has 0 aliphatic carbocycles. The Balaban J connectivity index is -0.000000225. The van der Waals surface area contributed by atoms with Crippen LogP contribution in [0.3, 0.4) is 0 Å². The molecule has 0 aliphatic rings. The van der Waals surface area contributed by atoms with Gasteiger partial charge in [-0.3, -0.25) is 9.59 Å². The number of carbonyl (C=O) groups excluding carboxylic acids is 2. The van der Waals surface area contributed by atoms with Crippen LogP contribution in [-0.4, -0.2) is 208 Å². The smallest absolute Gasteiger partial charge is 0.311 e. The molecule has 0 saturated heterocycles. The molecule has 19 heteroatoms. The minimum Gasteiger partial charge on any atom is -0.477 e. The summed E-state index contributed by atoms with van der Waals surface area (Å²) < 4.78 is 62.4. The average Bonchev–Trinajstić information content (AvgIpc) is 3.47. The van der Waals surface area contributed by atoms with Gasteiger partial charge in [-0.1, -0.05) is 120 Å². The fourth-order valence-corrected chi connectivity index (χ4v) is 6.97. The topological polar surface area (TPSA) is 213 Å². The van der Waals surface area contributed by atoms with Gasteiger partial charge in [-0.2, -0.15) is 0 Å². The van der Waals surface area contributed by atoms with Crippen molar-refractivity contribution in [2.75, 3.05) is 161 Å². The standard InChI is InChI=1S/C16H33NO5.C13H28O3.C12H25NO3.C11H23NO2.C11H25NO2.CH4/c1-5-6-7-16(2,3)15(19)22-13-14(18)12-17-8-9-21-11-10-20-4;1-5-7-8-12(3)16-13(6-2)11-15-10-9-14-4;1-4-5-6-11(2)12(14)13-7-8-16-10-9-15-3;1-5-6-7-10(2)14-11(3)12-8-9-13-4;1-4-5-6-11(2)12-7-8-14-10-9-13-3;/h14,17-18H,5-13H2,1-4H3;12-13H,5-11H2,1-4H3;11H,4-10H2,1-3H3,(H,13,14);10,12H,3,5-9H2,1-2,4H3;11-12H,4-10H2,1-3H3;1H4. The molecule has 19 nitrogen and oxygen atoms in total. The van der Waals surface area contributed by atoms with E-state index in [9.17, 15) is 14.7 Å². The fraction of sp³-hybridized carbons (Fsp3) is 0.938. The van der Waals surface area contributed by atoms with Crippen LogP contribution in [0.1, 0.15) is 193 Å². The van der Waals surface area contributed by atoms with Gasteiger partial charge < -0.3 is 83.2 Å². The number of ether oxygens (including phenoxy) is 12. The van der Waals surface area contributed by atoms with Crippen LogP contribution >= 0.6 is 0 Å². The van der Waals surface area contributed by atoms with Crippen LogP contribution in [0.25, 0.3) is 0 Å². The lowest BCUT2D eigenvalue weighted by atomic mass is 9.87. The Bertz CT molecular complexity index is 1280. The Morgan fingerprint density at radius 2 is 0.988 bits per heavy atom. The van der Waals surface area contributed by atoms with E-state index < -0.39 is 11.5 Å². The zero-order valence-corrected chi connectivity index (χ0v) is 56.1. The number of aliphatic hydroxyl groups is 1. The van der Waals surface area contributed by atoms with Crippen LogP contribution in [0.2, 0.25) is 0 Å². The van der Waals surface area contributed by atoms with Crippen LogP contribution in [0.5, 0.6) is 0 Å². The van der Waals surface area contributed by atoms with Gasteiger partial charge >= 0.3 is 5.97 Å². The normalized spacial score (nSPS) is 13.0. The highest BCUT2D eigenvalue weighted by Crippen LogP contribution is 2.25. The maximum absolute atomic E-state index is 12.0. The monoisotopic (exact) mass is 1200 g/mol. The third-order valence-electron chi connectivity index (χ3n) is 12.4. The number of carbonyl (C=O) groups is 2. The zero-order chi connectivity index (χ0) is 62.8. The van der Waals surface area contributed by atoms with Gasteiger partial charge in [0.25, 0.3) is 0 Å². The van der Waals surface area contributed by atoms with Gasteiger partial charge in [0.1, 0.15) is 12.7 Å². The van der Waals surface area contributed by atoms with Gasteiger partial charge in [-0.05, 0) is 79.7 Å². The van der Waals surface area contributed by atoms with Crippen LogP contribution in [0.15, 0.2) is 12.5 Å². The van der Waals surface area contributed by atoms with Crippen molar-refractivity contribution < 1.29 is 71.5 Å². The summed E-state index contributed by atoms with van der Waals surface area (Å²) in [6, 6.07) is 0.612. The van der Waals surface area contributed by atoms with Crippen molar-refractivity contribution in [2.24, 2.45) is 11.3 Å². The van der Waals surface area contributed by atoms with Crippen molar-refractivity contribution in [3.8, 4) is 0 Å². The van der Waals surface area contributed by atoms with E-state index in [2.05, 4.69) is 90.2 Å². The van der Waals surface area contributed by atoms with Crippen molar-refractivity contribution in [2.45, 2.75) is 224 Å². The number of hydrogen-bond acceptors (Lipinski definition) is 18. The molecule has 0 spiro atoms. The summed E-state index contributed by atoms with van der Waals surface area (Å²) in [6.07, 6.45) is 18.1. The summed E-state index contributed by atoms with van der Waals surface area (Å²) in [4.78, 5) is 23.5. The first-order chi connectivity index (χ1) is 39.4. The molecule has 0 rings (SSSR count). The fourth-order valence-electron chi connectivity index (χ4n) is 6.97. The molecule has 0 aliphatic heterocycles. The second-order valence-corrected chi connectivity index (χ2v) is 21.2. The molecule has 0 aromatic rings. The number of nitrogens with one attached hydrogen (secondary N) is 4. The molecule has 0 heterocycles. The number of methoxy groups -OCH3 is 5. The Morgan fingerprint density at radius 1 is 0.530 bits per heavy atom. The maximum Gasteiger partial charge on any atom is 0.311 e. The third kappa shape index (κ3) is 75.8. The summed E-state index contributed by atoms with van der Waals surface area (Å²) in [7, 11) is 8.32. The Morgan fingerprint density at radius 3 is 1.49 bits per heavy atom. The van der Waals surface area contributed by atoms with E-state index in [-0.39, 0.29) is 44.0 Å². The largest absolute Gasteiger partial charge is 0.477 e. The molecular weight excluding hydrogens is 1060 g/mol. The van der Waals surface area contributed by atoms with Crippen molar-refractivity contribution >= 4 is 11.9 Å². The Hall–Kier alpha value is -2.24. The lowest BCUT2D eigenvalue weighted by Gasteiger charge is -2.23. The quantitative estimate of drug-likeness (QED) is 0.0218. The molecule has 0 aromatic heterocycles. The lowest BCUT2D eigenvalue weighted by molar-refractivity contribution is -0.157. The first-order valence-electron chi connectivity index (χ1n) is 31.5. The molecule has 0 saturated carbocycles. The minimum absolute atomic E-state index is 0. The predicted molar refractivity (Wildman–Crippen MR) is 343 cm³/mol. The van der Waals surface area contributed by atoms with Crippen molar-refractivity contribution in [1.82, 2.24) is 21.3 Å². The highest BCUT2D eigenvalue weighted by Gasteiger charge is 2.29. The SMILES string of the molecule is C.C=C(NCCOC)OC(C)CCCC.CCCCC(C)(C)C(=O)OCC(O)CNCCOCCOC.CCCCC(C)C(=O)NCCOCCOC.CCCCC(C)NCCOCCOC.CCCCC(C)OC(CC)COCCOC. The summed E-state index contributed by atoms with van der Waals surface area (Å²) in [5.41, 5.74) is -0.488. The van der Waals surface area contributed by atoms with Gasteiger partial charge in [-0.15, -0.1) is 0 Å². The highest BCUT2D eigenvalue weighted by atomic mass is 16.6. The average molecular weight is 1200 g/mol. The first kappa shape index (κ1) is 91.9. The molecule has 83 heavy (non-hydrogen) atoms. The van der Waals surface area contributed by atoms with E-state index in [1.54, 1.807) is 35.5 Å². The van der Waals surface area contributed by atoms with Crippen molar-refractivity contribution in [3.63, 3.8) is 0 Å². The number of amides is 1. The number of unbranched alkanes of at least 4 members (excludes halogenated alkanes) is 5. The molecule has 1 amide bonds. The van der Waals surface area contributed by atoms with Gasteiger partial charge in [0, 0.05) is 80.2 Å². The van der Waals surface area contributed by atoms with E-state index in [0.717, 1.165) is 77.5 Å². The minimum atomic E-state index is -0.704. The summed E-state index contributed by atoms with van der Waals surface area (Å²) in [5, 5.41) is 22.2. The van der Waals surface area contributed by atoms with E-state index >= 15 is 0 Å². The molecule has 0 aromatic carbocycles. The molecule has 0 radical (unpaired) electrons. The van der Waals surface area contributed by atoms with Crippen molar-refractivity contribution in [1.29, 1.82) is 0 Å². The predicted octanol–water partition coefficient (Wildman–Crippen LogP) is 10.7. The Labute approximate surface area is 511 Å². The molecular formula is C64H138N4O15. The van der Waals surface area contributed by atoms with Crippen LogP contribution in [0, 0.1) is 11.3 Å². The maximum atomic E-state index is 12.0. The molecule has 6 atom stereocenters. The number of hydrogen-bond donors (Lipinski definition) is 5. The molecule has 504 valence electrons. The highest BCUT2D eigenvalue weighted by molar-refractivity contribution is 5.78. The van der Waals surface area contributed by atoms with Crippen LogP contribution in [-0.2, 0) is 66.4 Å². The van der Waals surface area contributed by atoms with E-state index in [1.807, 2.05) is 20.8 Å². The van der Waals surface area contributed by atoms with Gasteiger partial charge in [-0.25, -0.2) is 0 Å². The number of aliphatic hydroxyl groups excluding tert-OH is 1. The van der Waals surface area contributed by atoms with Gasteiger partial charge in [0.05, 0.1) is 110 Å². The van der Waals surface area contributed by atoms with Crippen LogP contribution in [0.4, 0.5) is 0 Å². The van der Waals surface area contributed by atoms with E-state index in [0.29, 0.717) is 117 Å². The lowest BCUT2D eigenvalue weighted by Crippen LogP contribution is -2.35. The molecule has 5 N–H and O–H groups in total. The van der Waals surface area contributed by atoms with Gasteiger partial charge in [0.15, 0.2) is 5.88 Å². The summed E-state index contributed by atoms with van der Waals surface area (Å²) >= 11 is 0. The Kier molecular flexibility index (Phi) is 82.0. The summed E-state index contributed by atoms with van der Waals surface area (Å²) in [6.45, 7) is 40.5. The number of esters is 1. The van der Waals surface area contributed by atoms with E-state index in [1.165, 1.54) is 44.9 Å². The second-order valence-electron chi connectivity index (χ2n) is 21.2. The molecule has 0 fully saturated rings. The molecule has 6 unspecified atom stereocenters. The van der Waals surface area contributed by atoms with Crippen molar-refractivity contribution in [3.05, 3.63) is 12.5 Å².